The van der Waals surface area contributed by atoms with Crippen molar-refractivity contribution < 1.29 is 12.8 Å². The molecule has 0 radical (unpaired) electrons. The summed E-state index contributed by atoms with van der Waals surface area (Å²) in [7, 11) is -1.99. The van der Waals surface area contributed by atoms with Crippen molar-refractivity contribution in [3.05, 3.63) is 23.5 Å². The highest BCUT2D eigenvalue weighted by molar-refractivity contribution is 7.92. The van der Waals surface area contributed by atoms with Gasteiger partial charge in [-0.25, -0.2) is 12.8 Å². The van der Waals surface area contributed by atoms with Gasteiger partial charge in [0.15, 0.2) is 9.84 Å². The highest BCUT2D eigenvalue weighted by atomic mass is 35.5. The normalized spacial score (nSPS) is 11.4. The molecule has 0 heterocycles. The van der Waals surface area contributed by atoms with Gasteiger partial charge in [0.25, 0.3) is 0 Å². The number of nitrogens with two attached hydrogens (primary N) is 1. The van der Waals surface area contributed by atoms with Crippen molar-refractivity contribution in [2.45, 2.75) is 30.5 Å². The van der Waals surface area contributed by atoms with Crippen LogP contribution in [0.5, 0.6) is 0 Å². The number of nitrogen functional groups attached to an aromatic ring is 1. The topological polar surface area (TPSA) is 72.2 Å². The molecule has 3 N–H and O–H groups in total. The van der Waals surface area contributed by atoms with Crippen LogP contribution in [0.4, 0.5) is 10.1 Å². The van der Waals surface area contributed by atoms with Gasteiger partial charge in [0, 0.05) is 12.2 Å². The quantitative estimate of drug-likeness (QED) is 0.830. The molecule has 1 aromatic carbocycles. The number of anilines is 1. The molecular weight excluding hydrogens is 279 g/mol. The summed E-state index contributed by atoms with van der Waals surface area (Å²) in [5.74, 6) is -0.788. The van der Waals surface area contributed by atoms with Gasteiger partial charge in [0.05, 0.1) is 5.25 Å². The molecule has 4 nitrogen and oxygen atoms in total. The van der Waals surface area contributed by atoms with E-state index >= 15 is 0 Å². The smallest absolute Gasteiger partial charge is 0.183 e. The first-order valence-electron chi connectivity index (χ1n) is 5.27. The zero-order valence-corrected chi connectivity index (χ0v) is 12.2. The second kappa shape index (κ2) is 6.36. The van der Waals surface area contributed by atoms with E-state index < -0.39 is 20.9 Å². The molecule has 0 saturated carbocycles. The van der Waals surface area contributed by atoms with E-state index in [1.54, 1.807) is 7.05 Å². The van der Waals surface area contributed by atoms with Crippen LogP contribution < -0.4 is 11.1 Å². The number of sulfone groups is 1. The summed E-state index contributed by atoms with van der Waals surface area (Å²) in [6, 6.07) is 2.52. The van der Waals surface area contributed by atoms with Gasteiger partial charge in [0.1, 0.15) is 10.7 Å². The summed E-state index contributed by atoms with van der Waals surface area (Å²) in [5, 5.41) is 2.13. The lowest BCUT2D eigenvalue weighted by atomic mass is 10.2. The molecule has 1 aromatic rings. The van der Waals surface area contributed by atoms with Crippen LogP contribution in [0.15, 0.2) is 17.0 Å². The predicted octanol–water partition coefficient (Wildman–Crippen LogP) is 1.73. The Hall–Kier alpha value is -0.850. The summed E-state index contributed by atoms with van der Waals surface area (Å²) in [5.41, 5.74) is 6.09. The van der Waals surface area contributed by atoms with E-state index in [-0.39, 0.29) is 29.5 Å². The summed E-state index contributed by atoms with van der Waals surface area (Å²) in [4.78, 5) is -0.254. The van der Waals surface area contributed by atoms with Crippen molar-refractivity contribution in [2.24, 2.45) is 0 Å². The molecule has 104 valence electrons. The zero-order chi connectivity index (χ0) is 13.2. The molecule has 0 atom stereocenters. The van der Waals surface area contributed by atoms with Crippen LogP contribution in [0.1, 0.15) is 19.4 Å². The van der Waals surface area contributed by atoms with Crippen molar-refractivity contribution in [1.29, 1.82) is 0 Å². The molecule has 7 heteroatoms. The molecule has 0 bridgehead atoms. The SMILES string of the molecule is CNCc1cc(N)cc(F)c1S(=O)(=O)C(C)C.Cl. The lowest BCUT2D eigenvalue weighted by molar-refractivity contribution is 0.555. The summed E-state index contributed by atoms with van der Waals surface area (Å²) in [6.45, 7) is 3.30. The highest BCUT2D eigenvalue weighted by Gasteiger charge is 2.26. The number of hydrogen-bond donors (Lipinski definition) is 2. The number of rotatable bonds is 4. The lowest BCUT2D eigenvalue weighted by Crippen LogP contribution is -2.20. The number of halogens is 2. The van der Waals surface area contributed by atoms with Crippen LogP contribution in [0.2, 0.25) is 0 Å². The second-order valence-corrected chi connectivity index (χ2v) is 6.56. The monoisotopic (exact) mass is 296 g/mol. The van der Waals surface area contributed by atoms with Gasteiger partial charge in [-0.15, -0.1) is 12.4 Å². The third kappa shape index (κ3) is 3.34. The third-order valence-corrected chi connectivity index (χ3v) is 4.68. The van der Waals surface area contributed by atoms with E-state index in [1.807, 2.05) is 0 Å². The summed E-state index contributed by atoms with van der Waals surface area (Å²) >= 11 is 0. The van der Waals surface area contributed by atoms with Crippen molar-refractivity contribution in [1.82, 2.24) is 5.32 Å². The van der Waals surface area contributed by atoms with E-state index in [2.05, 4.69) is 5.32 Å². The molecular formula is C11H18ClFN2O2S. The lowest BCUT2D eigenvalue weighted by Gasteiger charge is -2.14. The molecule has 1 rings (SSSR count). The predicted molar refractivity (Wildman–Crippen MR) is 73.1 cm³/mol. The van der Waals surface area contributed by atoms with Crippen LogP contribution >= 0.6 is 12.4 Å². The Balaban J connectivity index is 0.00000289. The number of hydrogen-bond acceptors (Lipinski definition) is 4. The molecule has 0 aromatic heterocycles. The fourth-order valence-electron chi connectivity index (χ4n) is 1.55. The van der Waals surface area contributed by atoms with Gasteiger partial charge in [-0.1, -0.05) is 0 Å². The molecule has 0 fully saturated rings. The van der Waals surface area contributed by atoms with Crippen LogP contribution in [0.25, 0.3) is 0 Å². The first kappa shape index (κ1) is 17.2. The van der Waals surface area contributed by atoms with Gasteiger partial charge >= 0.3 is 0 Å². The average molecular weight is 297 g/mol. The molecule has 0 aliphatic carbocycles. The zero-order valence-electron chi connectivity index (χ0n) is 10.5. The van der Waals surface area contributed by atoms with Gasteiger partial charge < -0.3 is 11.1 Å². The Labute approximate surface area is 113 Å². The largest absolute Gasteiger partial charge is 0.399 e. The Morgan fingerprint density at radius 1 is 1.39 bits per heavy atom. The van der Waals surface area contributed by atoms with Gasteiger partial charge in [-0.3, -0.25) is 0 Å². The van der Waals surface area contributed by atoms with E-state index in [4.69, 9.17) is 5.73 Å². The van der Waals surface area contributed by atoms with Crippen LogP contribution in [-0.4, -0.2) is 20.7 Å². The second-order valence-electron chi connectivity index (χ2n) is 4.12. The minimum Gasteiger partial charge on any atom is -0.399 e. The Morgan fingerprint density at radius 2 is 1.94 bits per heavy atom. The molecule has 0 aliphatic heterocycles. The van der Waals surface area contributed by atoms with Gasteiger partial charge in [-0.2, -0.15) is 0 Å². The average Bonchev–Trinajstić information content (AvgIpc) is 2.15. The molecule has 0 spiro atoms. The molecule has 0 aliphatic rings. The van der Waals surface area contributed by atoms with Crippen LogP contribution in [0, 0.1) is 5.82 Å². The van der Waals surface area contributed by atoms with E-state index in [0.29, 0.717) is 5.56 Å². The Morgan fingerprint density at radius 3 is 2.39 bits per heavy atom. The molecule has 18 heavy (non-hydrogen) atoms. The maximum atomic E-state index is 13.8. The van der Waals surface area contributed by atoms with Gasteiger partial charge in [0.2, 0.25) is 0 Å². The van der Waals surface area contributed by atoms with Crippen molar-refractivity contribution in [3.63, 3.8) is 0 Å². The van der Waals surface area contributed by atoms with Crippen molar-refractivity contribution >= 4 is 27.9 Å². The Bertz CT molecular complexity index is 518. The Kier molecular flexibility index (Phi) is 6.06. The van der Waals surface area contributed by atoms with E-state index in [1.165, 1.54) is 19.9 Å². The van der Waals surface area contributed by atoms with Crippen LogP contribution in [-0.2, 0) is 16.4 Å². The third-order valence-electron chi connectivity index (χ3n) is 2.42. The number of nitrogens with one attached hydrogen (secondary N) is 1. The highest BCUT2D eigenvalue weighted by Crippen LogP contribution is 2.26. The van der Waals surface area contributed by atoms with Crippen LogP contribution in [0.3, 0.4) is 0 Å². The number of benzene rings is 1. The maximum Gasteiger partial charge on any atom is 0.183 e. The fourth-order valence-corrected chi connectivity index (χ4v) is 2.85. The first-order valence-corrected chi connectivity index (χ1v) is 6.81. The minimum absolute atomic E-state index is 0. The minimum atomic E-state index is -3.65. The molecule has 0 unspecified atom stereocenters. The first-order chi connectivity index (χ1) is 7.80. The molecule has 0 saturated heterocycles. The standard InChI is InChI=1S/C11H17FN2O2S.ClH/c1-7(2)17(15,16)11-8(6-14-3)4-9(13)5-10(11)12;/h4-5,7,14H,6,13H2,1-3H3;1H. The van der Waals surface area contributed by atoms with Gasteiger partial charge in [-0.05, 0) is 38.6 Å². The summed E-state index contributed by atoms with van der Waals surface area (Å²) < 4.78 is 37.9. The molecule has 0 amide bonds. The van der Waals surface area contributed by atoms with Crippen molar-refractivity contribution in [3.8, 4) is 0 Å². The fraction of sp³-hybridized carbons (Fsp3) is 0.455. The van der Waals surface area contributed by atoms with E-state index in [0.717, 1.165) is 6.07 Å². The van der Waals surface area contributed by atoms with E-state index in [9.17, 15) is 12.8 Å². The maximum absolute atomic E-state index is 13.8. The van der Waals surface area contributed by atoms with Crippen molar-refractivity contribution in [2.75, 3.05) is 12.8 Å². The summed E-state index contributed by atoms with van der Waals surface area (Å²) in [6.07, 6.45) is 0.